The Balaban J connectivity index is 1.81. The average Bonchev–Trinajstić information content (AvgIpc) is 3.04. The third-order valence-electron chi connectivity index (χ3n) is 14.9. The highest BCUT2D eigenvalue weighted by Crippen LogP contribution is 2.86. The Bertz CT molecular complexity index is 787. The number of fused-ring (bicyclic) bond motifs is 4. The molecule has 0 aliphatic heterocycles. The van der Waals surface area contributed by atoms with E-state index in [9.17, 15) is 0 Å². The smallest absolute Gasteiger partial charge is 0.0457 e. The van der Waals surface area contributed by atoms with Gasteiger partial charge in [-0.15, -0.1) is 0 Å². The van der Waals surface area contributed by atoms with Crippen molar-refractivity contribution in [3.8, 4) is 0 Å². The SMILES string of the molecule is CC1CCCCCCCCCCCCC2(S)C1(I)C1(C)CCCCCCCCCCCCCC12C1(C)CCCCCCCCC1. The zero-order valence-electron chi connectivity index (χ0n) is 30.9. The van der Waals surface area contributed by atoms with Crippen LogP contribution in [0.1, 0.15) is 239 Å². The molecule has 4 aliphatic rings. The lowest BCUT2D eigenvalue weighted by Crippen LogP contribution is -2.87. The van der Waals surface area contributed by atoms with Gasteiger partial charge in [-0.2, -0.15) is 12.6 Å². The molecule has 0 nitrogen and oxygen atoms in total. The van der Waals surface area contributed by atoms with Gasteiger partial charge in [-0.25, -0.2) is 0 Å². The summed E-state index contributed by atoms with van der Waals surface area (Å²) in [5.41, 5.74) is 1.12. The van der Waals surface area contributed by atoms with Gasteiger partial charge in [0.1, 0.15) is 0 Å². The van der Waals surface area contributed by atoms with Crippen molar-refractivity contribution < 1.29 is 0 Å². The lowest BCUT2D eigenvalue weighted by atomic mass is 9.26. The van der Waals surface area contributed by atoms with Gasteiger partial charge in [-0.1, -0.05) is 223 Å². The van der Waals surface area contributed by atoms with Crippen LogP contribution in [-0.4, -0.2) is 8.17 Å². The number of hydrogen-bond donors (Lipinski definition) is 1. The molecule has 0 amide bonds. The molecule has 4 rings (SSSR count). The van der Waals surface area contributed by atoms with Crippen LogP contribution in [0.15, 0.2) is 0 Å². The number of halogens is 1. The Morgan fingerprint density at radius 1 is 0.422 bits per heavy atom. The molecule has 0 aromatic carbocycles. The molecule has 0 bridgehead atoms. The van der Waals surface area contributed by atoms with E-state index in [4.69, 9.17) is 12.6 Å². The average molecular weight is 755 g/mol. The molecular weight excluding hydrogens is 675 g/mol. The molecule has 0 aromatic heterocycles. The van der Waals surface area contributed by atoms with E-state index in [-0.39, 0.29) is 8.17 Å². The molecule has 5 unspecified atom stereocenters. The predicted octanol–water partition coefficient (Wildman–Crippen LogP) is 15.8. The van der Waals surface area contributed by atoms with E-state index in [2.05, 4.69) is 43.4 Å². The number of thiol groups is 1. The Labute approximate surface area is 302 Å². The van der Waals surface area contributed by atoms with Crippen LogP contribution in [-0.2, 0) is 0 Å². The van der Waals surface area contributed by atoms with Crippen LogP contribution in [0.3, 0.4) is 0 Å². The summed E-state index contributed by atoms with van der Waals surface area (Å²) in [4.78, 5) is 0. The summed E-state index contributed by atoms with van der Waals surface area (Å²) < 4.78 is 0.426. The number of alkyl halides is 1. The highest BCUT2D eigenvalue weighted by Gasteiger charge is 2.85. The van der Waals surface area contributed by atoms with Crippen LogP contribution in [0.2, 0.25) is 0 Å². The molecule has 0 spiro atoms. The highest BCUT2D eigenvalue weighted by atomic mass is 127. The van der Waals surface area contributed by atoms with Gasteiger partial charge in [0, 0.05) is 8.17 Å². The van der Waals surface area contributed by atoms with Gasteiger partial charge < -0.3 is 0 Å². The molecule has 0 saturated heterocycles. The second-order valence-corrected chi connectivity index (χ2v) is 20.2. The first-order chi connectivity index (χ1) is 21.8. The van der Waals surface area contributed by atoms with Crippen molar-refractivity contribution in [2.45, 2.75) is 247 Å². The zero-order valence-corrected chi connectivity index (χ0v) is 34.0. The topological polar surface area (TPSA) is 0 Å². The fraction of sp³-hybridized carbons (Fsp3) is 1.00. The summed E-state index contributed by atoms with van der Waals surface area (Å²) in [5, 5.41) is 0. The van der Waals surface area contributed by atoms with Gasteiger partial charge >= 0.3 is 0 Å². The molecule has 264 valence electrons. The first-order valence-corrected chi connectivity index (χ1v) is 22.7. The quantitative estimate of drug-likeness (QED) is 0.154. The second-order valence-electron chi connectivity index (χ2n) is 17.7. The van der Waals surface area contributed by atoms with Crippen molar-refractivity contribution in [2.75, 3.05) is 0 Å². The van der Waals surface area contributed by atoms with Gasteiger partial charge in [0.25, 0.3) is 0 Å². The van der Waals surface area contributed by atoms with Crippen molar-refractivity contribution >= 4 is 35.2 Å². The fourth-order valence-corrected chi connectivity index (χ4v) is 15.6. The molecule has 4 fully saturated rings. The van der Waals surface area contributed by atoms with Gasteiger partial charge in [0.05, 0.1) is 0 Å². The Morgan fingerprint density at radius 2 is 0.733 bits per heavy atom. The second kappa shape index (κ2) is 18.9. The minimum Gasteiger partial charge on any atom is -0.170 e. The van der Waals surface area contributed by atoms with Crippen molar-refractivity contribution in [1.82, 2.24) is 0 Å². The summed E-state index contributed by atoms with van der Waals surface area (Å²) in [7, 11) is 0. The Morgan fingerprint density at radius 3 is 1.16 bits per heavy atom. The molecular formula is C43H79IS. The third kappa shape index (κ3) is 8.35. The maximum Gasteiger partial charge on any atom is 0.0457 e. The van der Waals surface area contributed by atoms with Gasteiger partial charge in [0.2, 0.25) is 0 Å². The van der Waals surface area contributed by atoms with Crippen molar-refractivity contribution in [3.05, 3.63) is 0 Å². The van der Waals surface area contributed by atoms with Crippen LogP contribution in [0.4, 0.5) is 0 Å². The largest absolute Gasteiger partial charge is 0.170 e. The lowest BCUT2D eigenvalue weighted by Gasteiger charge is -2.85. The minimum atomic E-state index is 0.141. The van der Waals surface area contributed by atoms with Crippen LogP contribution in [0.25, 0.3) is 0 Å². The zero-order chi connectivity index (χ0) is 32.1. The van der Waals surface area contributed by atoms with Gasteiger partial charge in [-0.3, -0.25) is 0 Å². The van der Waals surface area contributed by atoms with Gasteiger partial charge in [0.15, 0.2) is 0 Å². The summed E-state index contributed by atoms with van der Waals surface area (Å²) in [5.74, 6) is 0.754. The molecule has 2 heteroatoms. The molecule has 45 heavy (non-hydrogen) atoms. The molecule has 0 radical (unpaired) electrons. The molecule has 5 atom stereocenters. The van der Waals surface area contributed by atoms with Crippen LogP contribution in [0.5, 0.6) is 0 Å². The van der Waals surface area contributed by atoms with Crippen LogP contribution >= 0.6 is 35.2 Å². The van der Waals surface area contributed by atoms with Crippen LogP contribution < -0.4 is 0 Å². The van der Waals surface area contributed by atoms with Crippen LogP contribution in [0, 0.1) is 22.2 Å². The van der Waals surface area contributed by atoms with Gasteiger partial charge in [-0.05, 0) is 60.7 Å². The molecule has 0 heterocycles. The lowest BCUT2D eigenvalue weighted by molar-refractivity contribution is -0.246. The third-order valence-corrected chi connectivity index (χ3v) is 19.4. The highest BCUT2D eigenvalue weighted by molar-refractivity contribution is 14.1. The summed E-state index contributed by atoms with van der Waals surface area (Å²) in [6, 6.07) is 0. The van der Waals surface area contributed by atoms with E-state index in [1.165, 1.54) is 218 Å². The molecule has 4 aliphatic carbocycles. The monoisotopic (exact) mass is 754 g/mol. The normalized spacial score (nSPS) is 40.1. The van der Waals surface area contributed by atoms with E-state index < -0.39 is 0 Å². The summed E-state index contributed by atoms with van der Waals surface area (Å²) >= 11 is 9.53. The maximum atomic E-state index is 6.35. The van der Waals surface area contributed by atoms with E-state index in [0.717, 1.165) is 5.92 Å². The van der Waals surface area contributed by atoms with E-state index >= 15 is 0 Å². The summed E-state index contributed by atoms with van der Waals surface area (Å²) in [6.07, 6.45) is 49.6. The fourth-order valence-electron chi connectivity index (χ4n) is 12.5. The van der Waals surface area contributed by atoms with Crippen molar-refractivity contribution in [1.29, 1.82) is 0 Å². The Kier molecular flexibility index (Phi) is 16.3. The maximum absolute atomic E-state index is 6.35. The first-order valence-electron chi connectivity index (χ1n) is 21.2. The van der Waals surface area contributed by atoms with E-state index in [1.807, 2.05) is 0 Å². The molecule has 4 saturated carbocycles. The Hall–Kier alpha value is 1.08. The standard InChI is InChI=1S/C43H79IS/c1-38-32-26-20-14-9-5-8-12-19-25-31-37-42(45)41(39(2)33-27-21-15-13-16-22-28-34-39)36-30-24-18-11-7-4-6-10-17-23-29-35-40(41,3)43(38,42)44/h38,45H,4-37H2,1-3H3. The summed E-state index contributed by atoms with van der Waals surface area (Å²) in [6.45, 7) is 8.49. The van der Waals surface area contributed by atoms with E-state index in [1.54, 1.807) is 0 Å². The van der Waals surface area contributed by atoms with Crippen molar-refractivity contribution in [2.24, 2.45) is 22.2 Å². The first kappa shape index (κ1) is 38.9. The van der Waals surface area contributed by atoms with Crippen molar-refractivity contribution in [3.63, 3.8) is 0 Å². The minimum absolute atomic E-state index is 0.141. The van der Waals surface area contributed by atoms with E-state index in [0.29, 0.717) is 16.2 Å². The molecule has 0 aromatic rings. The number of hydrogen-bond acceptors (Lipinski definition) is 1. The number of rotatable bonds is 1. The predicted molar refractivity (Wildman–Crippen MR) is 213 cm³/mol. The molecule has 0 N–H and O–H groups in total.